The van der Waals surface area contributed by atoms with Crippen LogP contribution in [0.5, 0.6) is 0 Å². The highest BCUT2D eigenvalue weighted by Crippen LogP contribution is 2.23. The highest BCUT2D eigenvalue weighted by molar-refractivity contribution is 7.16. The molecule has 18 heavy (non-hydrogen) atoms. The van der Waals surface area contributed by atoms with Crippen LogP contribution in [0.3, 0.4) is 0 Å². The van der Waals surface area contributed by atoms with E-state index in [0.717, 1.165) is 29.8 Å². The van der Waals surface area contributed by atoms with Gasteiger partial charge in [-0.15, -0.1) is 11.3 Å². The van der Waals surface area contributed by atoms with Crippen LogP contribution in [0.15, 0.2) is 18.3 Å². The van der Waals surface area contributed by atoms with E-state index in [2.05, 4.69) is 22.9 Å². The Hall–Kier alpha value is -0.550. The normalized spacial score (nSPS) is 11.4. The third-order valence-electron chi connectivity index (χ3n) is 2.85. The van der Waals surface area contributed by atoms with Gasteiger partial charge < -0.3 is 4.57 Å². The number of rotatable bonds is 5. The third-order valence-corrected chi connectivity index (χ3v) is 4.42. The monoisotopic (exact) mass is 303 g/mol. The van der Waals surface area contributed by atoms with E-state index in [9.17, 15) is 0 Å². The van der Waals surface area contributed by atoms with Crippen molar-refractivity contribution >= 4 is 34.5 Å². The molecule has 0 saturated carbocycles. The van der Waals surface area contributed by atoms with Gasteiger partial charge in [0.2, 0.25) is 0 Å². The Morgan fingerprint density at radius 2 is 2.11 bits per heavy atom. The first-order valence-electron chi connectivity index (χ1n) is 5.72. The predicted octanol–water partition coefficient (Wildman–Crippen LogP) is 3.81. The van der Waals surface area contributed by atoms with Gasteiger partial charge in [0.1, 0.15) is 11.0 Å². The first-order valence-corrected chi connectivity index (χ1v) is 7.30. The molecule has 0 fully saturated rings. The number of halogens is 2. The van der Waals surface area contributed by atoms with Crippen molar-refractivity contribution in [2.24, 2.45) is 7.05 Å². The van der Waals surface area contributed by atoms with Crippen LogP contribution in [-0.4, -0.2) is 21.0 Å². The molecule has 0 radical (unpaired) electrons. The van der Waals surface area contributed by atoms with Crippen LogP contribution in [0.25, 0.3) is 0 Å². The first kappa shape index (κ1) is 13.9. The van der Waals surface area contributed by atoms with Gasteiger partial charge in [-0.25, -0.2) is 4.98 Å². The maximum Gasteiger partial charge on any atom is 0.128 e. The molecule has 0 unspecified atom stereocenters. The van der Waals surface area contributed by atoms with E-state index in [0.29, 0.717) is 5.15 Å². The molecule has 3 nitrogen and oxygen atoms in total. The molecule has 0 saturated heterocycles. The summed E-state index contributed by atoms with van der Waals surface area (Å²) >= 11 is 13.5. The molecule has 0 aliphatic rings. The Balaban J connectivity index is 2.03. The van der Waals surface area contributed by atoms with Crippen molar-refractivity contribution in [2.75, 3.05) is 6.54 Å². The van der Waals surface area contributed by atoms with Crippen molar-refractivity contribution in [2.45, 2.75) is 20.0 Å². The number of nitrogens with zero attached hydrogens (tertiary/aromatic N) is 3. The van der Waals surface area contributed by atoms with Gasteiger partial charge in [0.25, 0.3) is 0 Å². The Labute approximate surface area is 121 Å². The minimum atomic E-state index is 0.667. The van der Waals surface area contributed by atoms with Crippen LogP contribution < -0.4 is 0 Å². The Bertz CT molecular complexity index is 521. The molecule has 2 aromatic heterocycles. The quantitative estimate of drug-likeness (QED) is 0.837. The fraction of sp³-hybridized carbons (Fsp3) is 0.417. The smallest absolute Gasteiger partial charge is 0.128 e. The van der Waals surface area contributed by atoms with E-state index in [-0.39, 0.29) is 0 Å². The van der Waals surface area contributed by atoms with Crippen molar-refractivity contribution in [1.82, 2.24) is 14.5 Å². The molecule has 2 aromatic rings. The molecule has 2 heterocycles. The third kappa shape index (κ3) is 3.26. The zero-order valence-corrected chi connectivity index (χ0v) is 12.7. The predicted molar refractivity (Wildman–Crippen MR) is 77.3 cm³/mol. The van der Waals surface area contributed by atoms with Gasteiger partial charge in [-0.3, -0.25) is 4.90 Å². The Morgan fingerprint density at radius 3 is 2.61 bits per heavy atom. The highest BCUT2D eigenvalue weighted by atomic mass is 35.5. The summed E-state index contributed by atoms with van der Waals surface area (Å²) in [7, 11) is 1.93. The van der Waals surface area contributed by atoms with E-state index in [1.807, 2.05) is 17.7 Å². The van der Waals surface area contributed by atoms with Gasteiger partial charge in [-0.2, -0.15) is 0 Å². The molecule has 0 atom stereocenters. The largest absolute Gasteiger partial charge is 0.321 e. The lowest BCUT2D eigenvalue weighted by Crippen LogP contribution is -2.23. The fourth-order valence-electron chi connectivity index (χ4n) is 1.71. The summed E-state index contributed by atoms with van der Waals surface area (Å²) in [6.07, 6.45) is 1.69. The van der Waals surface area contributed by atoms with Gasteiger partial charge >= 0.3 is 0 Å². The molecule has 0 spiro atoms. The molecular formula is C12H15Cl2N3S. The lowest BCUT2D eigenvalue weighted by Gasteiger charge is -2.19. The number of thiophene rings is 1. The van der Waals surface area contributed by atoms with E-state index in [1.54, 1.807) is 17.5 Å². The lowest BCUT2D eigenvalue weighted by atomic mass is 10.4. The second kappa shape index (κ2) is 6.06. The van der Waals surface area contributed by atoms with Gasteiger partial charge in [-0.05, 0) is 18.7 Å². The molecule has 6 heteroatoms. The van der Waals surface area contributed by atoms with Crippen molar-refractivity contribution in [3.63, 3.8) is 0 Å². The van der Waals surface area contributed by atoms with E-state index >= 15 is 0 Å². The van der Waals surface area contributed by atoms with Crippen molar-refractivity contribution in [3.8, 4) is 0 Å². The first-order chi connectivity index (χ1) is 8.60. The SMILES string of the molecule is CCN(Cc1ccc(Cl)s1)Cc1ncc(Cl)n1C. The molecular weight excluding hydrogens is 289 g/mol. The molecule has 0 N–H and O–H groups in total. The number of aromatic nitrogens is 2. The van der Waals surface area contributed by atoms with Crippen LogP contribution >= 0.6 is 34.5 Å². The van der Waals surface area contributed by atoms with E-state index in [1.165, 1.54) is 4.88 Å². The molecule has 2 rings (SSSR count). The Morgan fingerprint density at radius 1 is 1.33 bits per heavy atom. The highest BCUT2D eigenvalue weighted by Gasteiger charge is 2.11. The van der Waals surface area contributed by atoms with Crippen molar-refractivity contribution in [1.29, 1.82) is 0 Å². The molecule has 0 amide bonds. The summed E-state index contributed by atoms with van der Waals surface area (Å²) in [5.41, 5.74) is 0. The van der Waals surface area contributed by atoms with Crippen LogP contribution in [0.4, 0.5) is 0 Å². The summed E-state index contributed by atoms with van der Waals surface area (Å²) in [4.78, 5) is 7.89. The second-order valence-corrected chi connectivity index (χ2v) is 6.25. The second-order valence-electron chi connectivity index (χ2n) is 4.07. The average Bonchev–Trinajstić information content (AvgIpc) is 2.89. The number of hydrogen-bond donors (Lipinski definition) is 0. The summed E-state index contributed by atoms with van der Waals surface area (Å²) in [5, 5.41) is 0.667. The number of imidazole rings is 1. The van der Waals surface area contributed by atoms with Gasteiger partial charge in [0, 0.05) is 18.5 Å². The minimum absolute atomic E-state index is 0.667. The average molecular weight is 304 g/mol. The molecule has 98 valence electrons. The fourth-order valence-corrected chi connectivity index (χ4v) is 2.98. The maximum absolute atomic E-state index is 5.99. The van der Waals surface area contributed by atoms with Crippen LogP contribution in [0, 0.1) is 0 Å². The topological polar surface area (TPSA) is 21.1 Å². The summed E-state index contributed by atoms with van der Waals surface area (Å²) in [5.74, 6) is 0.976. The Kier molecular flexibility index (Phi) is 4.67. The zero-order valence-electron chi connectivity index (χ0n) is 10.4. The molecule has 0 aromatic carbocycles. The maximum atomic E-state index is 5.99. The van der Waals surface area contributed by atoms with Crippen molar-refractivity contribution in [3.05, 3.63) is 38.5 Å². The minimum Gasteiger partial charge on any atom is -0.321 e. The summed E-state index contributed by atoms with van der Waals surface area (Å²) < 4.78 is 2.74. The number of hydrogen-bond acceptors (Lipinski definition) is 3. The zero-order chi connectivity index (χ0) is 13.1. The van der Waals surface area contributed by atoms with Crippen molar-refractivity contribution < 1.29 is 0 Å². The summed E-state index contributed by atoms with van der Waals surface area (Å²) in [6, 6.07) is 4.01. The van der Waals surface area contributed by atoms with E-state index < -0.39 is 0 Å². The molecule has 0 bridgehead atoms. The van der Waals surface area contributed by atoms with Crippen LogP contribution in [0.1, 0.15) is 17.6 Å². The summed E-state index contributed by atoms with van der Waals surface area (Å²) in [6.45, 7) is 4.77. The van der Waals surface area contributed by atoms with Crippen LogP contribution in [-0.2, 0) is 20.1 Å². The molecule has 0 aliphatic heterocycles. The van der Waals surface area contributed by atoms with Gasteiger partial charge in [0.15, 0.2) is 0 Å². The van der Waals surface area contributed by atoms with Crippen LogP contribution in [0.2, 0.25) is 9.49 Å². The standard InChI is InChI=1S/C12H15Cl2N3S/c1-3-17(7-9-4-5-11(14)18-9)8-12-15-6-10(13)16(12)2/h4-6H,3,7-8H2,1-2H3. The van der Waals surface area contributed by atoms with Gasteiger partial charge in [0.05, 0.1) is 17.1 Å². The lowest BCUT2D eigenvalue weighted by molar-refractivity contribution is 0.264. The van der Waals surface area contributed by atoms with Gasteiger partial charge in [-0.1, -0.05) is 30.1 Å². The molecule has 0 aliphatic carbocycles. The van der Waals surface area contributed by atoms with E-state index in [4.69, 9.17) is 23.2 Å².